The number of carbonyl (C=O) groups excluding carboxylic acids is 1. The number of alkyl halides is 3. The first-order chi connectivity index (χ1) is 10.9. The summed E-state index contributed by atoms with van der Waals surface area (Å²) in [6.07, 6.45) is -1.90. The predicted molar refractivity (Wildman–Crippen MR) is 81.4 cm³/mol. The van der Waals surface area contributed by atoms with Gasteiger partial charge in [-0.05, 0) is 24.1 Å². The molecule has 1 aromatic carbocycles. The molecule has 1 N–H and O–H groups in total. The van der Waals surface area contributed by atoms with Crippen LogP contribution in [-0.4, -0.2) is 19.4 Å². The summed E-state index contributed by atoms with van der Waals surface area (Å²) in [7, 11) is 1.64. The Morgan fingerprint density at radius 1 is 1.35 bits per heavy atom. The number of allylic oxidation sites excluding steroid dienone is 2. The first kappa shape index (κ1) is 17.1. The fraction of sp³-hybridized carbons (Fsp3) is 0.353. The summed E-state index contributed by atoms with van der Waals surface area (Å²) < 4.78 is 43.9. The number of rotatable bonds is 5. The molecule has 0 aliphatic heterocycles. The molecule has 0 bridgehead atoms. The third-order valence-corrected chi connectivity index (χ3v) is 3.52. The quantitative estimate of drug-likeness (QED) is 0.507. The largest absolute Gasteiger partial charge is 0.501 e. The number of benzene rings is 1. The van der Waals surface area contributed by atoms with Gasteiger partial charge in [0.15, 0.2) is 5.78 Å². The van der Waals surface area contributed by atoms with Gasteiger partial charge in [0.2, 0.25) is 0 Å². The van der Waals surface area contributed by atoms with E-state index >= 15 is 0 Å². The van der Waals surface area contributed by atoms with Crippen LogP contribution < -0.4 is 5.32 Å². The topological polar surface area (TPSA) is 38.3 Å². The van der Waals surface area contributed by atoms with Crippen LogP contribution in [0.25, 0.3) is 5.57 Å². The van der Waals surface area contributed by atoms with Crippen molar-refractivity contribution in [1.82, 2.24) is 5.32 Å². The van der Waals surface area contributed by atoms with Crippen LogP contribution in [0.3, 0.4) is 0 Å². The van der Waals surface area contributed by atoms with Gasteiger partial charge in [-0.2, -0.15) is 13.2 Å². The molecule has 124 valence electrons. The molecule has 0 fully saturated rings. The van der Waals surface area contributed by atoms with Crippen LogP contribution in [0.1, 0.15) is 30.9 Å². The molecule has 0 aromatic heterocycles. The highest BCUT2D eigenvalue weighted by atomic mass is 19.4. The zero-order valence-electron chi connectivity index (χ0n) is 13.0. The Kier molecular flexibility index (Phi) is 5.13. The lowest BCUT2D eigenvalue weighted by Crippen LogP contribution is -2.08. The second kappa shape index (κ2) is 6.89. The third kappa shape index (κ3) is 3.75. The molecule has 1 aliphatic carbocycles. The molecule has 1 aromatic rings. The molecule has 23 heavy (non-hydrogen) atoms. The van der Waals surface area contributed by atoms with Crippen LogP contribution in [0.2, 0.25) is 0 Å². The molecule has 0 radical (unpaired) electrons. The minimum atomic E-state index is -4.44. The van der Waals surface area contributed by atoms with Gasteiger partial charge >= 0.3 is 6.18 Å². The first-order valence-electron chi connectivity index (χ1n) is 7.32. The van der Waals surface area contributed by atoms with E-state index in [-0.39, 0.29) is 16.9 Å². The molecule has 0 heterocycles. The summed E-state index contributed by atoms with van der Waals surface area (Å²) in [5.74, 6) is -0.301. The van der Waals surface area contributed by atoms with E-state index in [0.29, 0.717) is 24.3 Å². The van der Waals surface area contributed by atoms with E-state index in [1.165, 1.54) is 18.4 Å². The molecule has 0 atom stereocenters. The van der Waals surface area contributed by atoms with Crippen molar-refractivity contribution in [3.8, 4) is 0 Å². The number of ketones is 1. The molecule has 0 saturated heterocycles. The van der Waals surface area contributed by atoms with Gasteiger partial charge < -0.3 is 10.1 Å². The van der Waals surface area contributed by atoms with Gasteiger partial charge in [0.05, 0.1) is 18.4 Å². The Bertz CT molecular complexity index is 660. The average Bonchev–Trinajstić information content (AvgIpc) is 2.83. The van der Waals surface area contributed by atoms with E-state index in [1.54, 1.807) is 7.05 Å². The Balaban J connectivity index is 2.37. The molecular formula is C17H18F3NO2. The van der Waals surface area contributed by atoms with Gasteiger partial charge in [-0.25, -0.2) is 0 Å². The third-order valence-electron chi connectivity index (χ3n) is 3.52. The van der Waals surface area contributed by atoms with Gasteiger partial charge in [0, 0.05) is 30.3 Å². The number of hydrogen-bond donors (Lipinski definition) is 1. The minimum Gasteiger partial charge on any atom is -0.501 e. The molecular weight excluding hydrogens is 307 g/mol. The Labute approximate surface area is 132 Å². The number of halogens is 3. The average molecular weight is 325 g/mol. The van der Waals surface area contributed by atoms with Gasteiger partial charge in [-0.15, -0.1) is 0 Å². The molecule has 2 rings (SSSR count). The Morgan fingerprint density at radius 3 is 2.70 bits per heavy atom. The van der Waals surface area contributed by atoms with Crippen molar-refractivity contribution in [1.29, 1.82) is 0 Å². The van der Waals surface area contributed by atoms with Crippen LogP contribution in [0.15, 0.2) is 41.8 Å². The number of carbonyl (C=O) groups is 1. The Hall–Kier alpha value is -2.24. The lowest BCUT2D eigenvalue weighted by atomic mass is 10.00. The second-order valence-corrected chi connectivity index (χ2v) is 5.20. The van der Waals surface area contributed by atoms with Gasteiger partial charge in [0.25, 0.3) is 0 Å². The van der Waals surface area contributed by atoms with Crippen molar-refractivity contribution in [2.45, 2.75) is 25.9 Å². The van der Waals surface area contributed by atoms with Crippen molar-refractivity contribution < 1.29 is 22.7 Å². The SMILES string of the molecule is CCCO/C=C1\CC(NC)=C(c2cccc(C(F)(F)F)c2)C1=O. The first-order valence-corrected chi connectivity index (χ1v) is 7.32. The highest BCUT2D eigenvalue weighted by Gasteiger charge is 2.33. The normalized spacial score (nSPS) is 17.1. The number of ether oxygens (including phenoxy) is 1. The maximum atomic E-state index is 12.9. The smallest absolute Gasteiger partial charge is 0.416 e. The zero-order chi connectivity index (χ0) is 17.0. The van der Waals surface area contributed by atoms with Crippen molar-refractivity contribution >= 4 is 11.4 Å². The highest BCUT2D eigenvalue weighted by Crippen LogP contribution is 2.36. The summed E-state index contributed by atoms with van der Waals surface area (Å²) in [5, 5.41) is 2.90. The van der Waals surface area contributed by atoms with E-state index in [0.717, 1.165) is 18.6 Å². The van der Waals surface area contributed by atoms with E-state index < -0.39 is 11.7 Å². The van der Waals surface area contributed by atoms with Crippen molar-refractivity contribution in [2.75, 3.05) is 13.7 Å². The van der Waals surface area contributed by atoms with E-state index in [1.807, 2.05) is 6.92 Å². The fourth-order valence-corrected chi connectivity index (χ4v) is 2.40. The van der Waals surface area contributed by atoms with Crippen molar-refractivity contribution in [3.05, 3.63) is 52.9 Å². The molecule has 6 heteroatoms. The molecule has 3 nitrogen and oxygen atoms in total. The molecule has 0 spiro atoms. The zero-order valence-corrected chi connectivity index (χ0v) is 13.0. The second-order valence-electron chi connectivity index (χ2n) is 5.20. The molecule has 0 saturated carbocycles. The van der Waals surface area contributed by atoms with E-state index in [9.17, 15) is 18.0 Å². The molecule has 0 unspecified atom stereocenters. The van der Waals surface area contributed by atoms with E-state index in [2.05, 4.69) is 5.32 Å². The van der Waals surface area contributed by atoms with Crippen LogP contribution in [0.5, 0.6) is 0 Å². The summed E-state index contributed by atoms with van der Waals surface area (Å²) in [4.78, 5) is 12.5. The summed E-state index contributed by atoms with van der Waals surface area (Å²) in [6.45, 7) is 2.44. The lowest BCUT2D eigenvalue weighted by molar-refractivity contribution is -0.137. The van der Waals surface area contributed by atoms with Gasteiger partial charge in [-0.3, -0.25) is 4.79 Å². The lowest BCUT2D eigenvalue weighted by Gasteiger charge is -2.10. The van der Waals surface area contributed by atoms with Crippen molar-refractivity contribution in [2.24, 2.45) is 0 Å². The maximum absolute atomic E-state index is 12.9. The number of hydrogen-bond acceptors (Lipinski definition) is 3. The number of nitrogens with one attached hydrogen (secondary N) is 1. The van der Waals surface area contributed by atoms with Crippen LogP contribution in [0.4, 0.5) is 13.2 Å². The fourth-order valence-electron chi connectivity index (χ4n) is 2.40. The summed E-state index contributed by atoms with van der Waals surface area (Å²) in [6, 6.07) is 4.81. The van der Waals surface area contributed by atoms with Gasteiger partial charge in [0.1, 0.15) is 0 Å². The standard InChI is InChI=1S/C17H18F3NO2/c1-3-7-23-10-12-9-14(21-2)15(16(12)22)11-5-4-6-13(8-11)17(18,19)20/h4-6,8,10,21H,3,7,9H2,1-2H3/b12-10+. The summed E-state index contributed by atoms with van der Waals surface area (Å²) >= 11 is 0. The molecule has 1 aliphatic rings. The number of Topliss-reactive ketones (excluding diaryl/α,β-unsaturated/α-hetero) is 1. The predicted octanol–water partition coefficient (Wildman–Crippen LogP) is 3.92. The highest BCUT2D eigenvalue weighted by molar-refractivity contribution is 6.32. The van der Waals surface area contributed by atoms with Gasteiger partial charge in [-0.1, -0.05) is 19.1 Å². The van der Waals surface area contributed by atoms with Crippen LogP contribution in [-0.2, 0) is 15.7 Å². The Morgan fingerprint density at radius 2 is 2.09 bits per heavy atom. The van der Waals surface area contributed by atoms with E-state index in [4.69, 9.17) is 4.74 Å². The van der Waals surface area contributed by atoms with Crippen LogP contribution in [0, 0.1) is 0 Å². The van der Waals surface area contributed by atoms with Crippen LogP contribution >= 0.6 is 0 Å². The minimum absolute atomic E-state index is 0.257. The maximum Gasteiger partial charge on any atom is 0.416 e. The molecule has 0 amide bonds. The van der Waals surface area contributed by atoms with Crippen molar-refractivity contribution in [3.63, 3.8) is 0 Å². The monoisotopic (exact) mass is 325 g/mol. The summed E-state index contributed by atoms with van der Waals surface area (Å²) in [5.41, 5.74) is 0.791.